The predicted molar refractivity (Wildman–Crippen MR) is 159 cm³/mol. The number of halogens is 7. The van der Waals surface area contributed by atoms with E-state index in [1.54, 1.807) is 18.2 Å². The number of anilines is 1. The number of benzene rings is 3. The van der Waals surface area contributed by atoms with Crippen LogP contribution in [0, 0.1) is 29.1 Å². The number of hydrogen-bond acceptors (Lipinski definition) is 6. The fourth-order valence-corrected chi connectivity index (χ4v) is 7.80. The van der Waals surface area contributed by atoms with Crippen molar-refractivity contribution in [2.24, 2.45) is 0 Å². The third kappa shape index (κ3) is 3.85. The van der Waals surface area contributed by atoms with Gasteiger partial charge in [-0.1, -0.05) is 30.3 Å². The Hall–Kier alpha value is -4.89. The zero-order valence-corrected chi connectivity index (χ0v) is 25.7. The highest BCUT2D eigenvalue weighted by atomic mass is 35.5. The topological polar surface area (TPSA) is 116 Å². The van der Waals surface area contributed by atoms with E-state index in [9.17, 15) is 37.5 Å². The summed E-state index contributed by atoms with van der Waals surface area (Å²) < 4.78 is 81.0. The van der Waals surface area contributed by atoms with E-state index in [0.717, 1.165) is 20.0 Å². The third-order valence-corrected chi connectivity index (χ3v) is 10.5. The lowest BCUT2D eigenvalue weighted by Gasteiger charge is -2.49. The number of para-hydroxylation sites is 1. The van der Waals surface area contributed by atoms with Crippen molar-refractivity contribution in [1.82, 2.24) is 13.9 Å². The Bertz CT molecular complexity index is 2230. The Balaban J connectivity index is 1.50. The highest BCUT2D eigenvalue weighted by Gasteiger charge is 2.76. The molecule has 3 aromatic carbocycles. The number of amides is 2. The molecule has 0 spiro atoms. The van der Waals surface area contributed by atoms with Crippen molar-refractivity contribution in [2.75, 3.05) is 12.0 Å². The van der Waals surface area contributed by atoms with Gasteiger partial charge in [0.2, 0.25) is 5.82 Å². The van der Waals surface area contributed by atoms with Gasteiger partial charge in [0.1, 0.15) is 5.69 Å². The molecule has 48 heavy (non-hydrogen) atoms. The number of nitrogens with zero attached hydrogens (tertiary/aromatic N) is 4. The largest absolute Gasteiger partial charge is 0.504 e. The molecule has 4 aromatic rings. The van der Waals surface area contributed by atoms with Gasteiger partial charge in [-0.3, -0.25) is 9.59 Å². The van der Waals surface area contributed by atoms with E-state index in [4.69, 9.17) is 27.9 Å². The Labute approximate surface area is 275 Å². The molecule has 3 aliphatic rings. The van der Waals surface area contributed by atoms with Crippen LogP contribution in [-0.4, -0.2) is 47.7 Å². The number of phenols is 1. The average Bonchev–Trinajstić information content (AvgIpc) is 3.41. The van der Waals surface area contributed by atoms with E-state index in [0.29, 0.717) is 0 Å². The van der Waals surface area contributed by atoms with Crippen LogP contribution in [0.15, 0.2) is 69.8 Å². The summed E-state index contributed by atoms with van der Waals surface area (Å²) in [5, 5.41) is 10.7. The number of imide groups is 1. The number of phenolic OH excluding ortho intramolecular Hbond substituents is 1. The summed E-state index contributed by atoms with van der Waals surface area (Å²) in [6.45, 7) is -0.260. The molecule has 0 radical (unpaired) electrons. The monoisotopic (exact) mass is 708 g/mol. The van der Waals surface area contributed by atoms with Crippen molar-refractivity contribution in [3.63, 3.8) is 0 Å². The van der Waals surface area contributed by atoms with Crippen molar-refractivity contribution in [1.29, 1.82) is 0 Å². The van der Waals surface area contributed by atoms with Gasteiger partial charge in [-0.15, -0.1) is 23.2 Å². The van der Waals surface area contributed by atoms with Crippen molar-refractivity contribution in [3.05, 3.63) is 116 Å². The highest BCUT2D eigenvalue weighted by Crippen LogP contribution is 2.64. The van der Waals surface area contributed by atoms with Crippen LogP contribution in [0.5, 0.6) is 11.5 Å². The SMILES string of the molecule is COc1ccc([C@H]2C3=CCn4c(=O)n(-c5ccccc5)c(=O)n4[C@@H]3C[C@@]3(Cl)C(=O)N(c4c(F)c(F)c(F)c(F)c4F)C(=O)[C@@]23Cl)cc1O. The Morgan fingerprint density at radius 3 is 2.08 bits per heavy atom. The molecule has 10 nitrogen and oxygen atoms in total. The van der Waals surface area contributed by atoms with Gasteiger partial charge in [-0.25, -0.2) is 50.4 Å². The van der Waals surface area contributed by atoms with E-state index < -0.39 is 91.8 Å². The second-order valence-corrected chi connectivity index (χ2v) is 12.6. The van der Waals surface area contributed by atoms with Gasteiger partial charge < -0.3 is 9.84 Å². The van der Waals surface area contributed by atoms with Crippen LogP contribution in [0.3, 0.4) is 0 Å². The number of ether oxygens (including phenoxy) is 1. The lowest BCUT2D eigenvalue weighted by atomic mass is 9.64. The van der Waals surface area contributed by atoms with Gasteiger partial charge in [0, 0.05) is 12.3 Å². The predicted octanol–water partition coefficient (Wildman–Crippen LogP) is 4.41. The molecule has 1 aromatic heterocycles. The summed E-state index contributed by atoms with van der Waals surface area (Å²) in [6.07, 6.45) is 0.698. The zero-order chi connectivity index (χ0) is 34.6. The standard InChI is InChI=1S/C31H19Cl2F5N4O6/c1-48-18-8-7-13(11-17(18)43)19-15-9-10-39-28(46)40(14-5-3-2-4-6-14)29(47)42(39)16(15)12-30(32)26(44)41(27(45)31(19,30)33)25-23(37)21(35)20(34)22(36)24(25)38/h2-9,11,16,19,43H,10,12H2,1H3/t16-,19+,30-,31+/m1/s1. The summed E-state index contributed by atoms with van der Waals surface area (Å²) in [7, 11) is 1.26. The Morgan fingerprint density at radius 2 is 1.48 bits per heavy atom. The van der Waals surface area contributed by atoms with E-state index in [-0.39, 0.29) is 34.0 Å². The van der Waals surface area contributed by atoms with Crippen molar-refractivity contribution >= 4 is 40.7 Å². The van der Waals surface area contributed by atoms with Gasteiger partial charge in [-0.2, -0.15) is 0 Å². The minimum absolute atomic E-state index is 0.00368. The summed E-state index contributed by atoms with van der Waals surface area (Å²) >= 11 is 14.1. The van der Waals surface area contributed by atoms with Crippen molar-refractivity contribution < 1.29 is 41.4 Å². The van der Waals surface area contributed by atoms with Crippen LogP contribution in [0.4, 0.5) is 27.6 Å². The lowest BCUT2D eigenvalue weighted by Crippen LogP contribution is -2.59. The molecular formula is C31H19Cl2F5N4O6. The summed E-state index contributed by atoms with van der Waals surface area (Å²) in [4.78, 5) is 50.1. The zero-order valence-electron chi connectivity index (χ0n) is 24.2. The number of carbonyl (C=O) groups is 2. The fourth-order valence-electron chi connectivity index (χ4n) is 6.89. The van der Waals surface area contributed by atoms with Crippen LogP contribution in [0.1, 0.15) is 23.9 Å². The molecule has 0 unspecified atom stereocenters. The second kappa shape index (κ2) is 10.6. The number of allylic oxidation sites excluding steroid dienone is 2. The molecule has 2 aliphatic heterocycles. The first-order chi connectivity index (χ1) is 22.7. The minimum Gasteiger partial charge on any atom is -0.504 e. The molecule has 0 bridgehead atoms. The van der Waals surface area contributed by atoms with Crippen LogP contribution >= 0.6 is 23.2 Å². The van der Waals surface area contributed by atoms with Crippen LogP contribution < -0.4 is 21.0 Å². The quantitative estimate of drug-likeness (QED) is 0.0839. The van der Waals surface area contributed by atoms with E-state index >= 15 is 8.78 Å². The first-order valence-electron chi connectivity index (χ1n) is 14.1. The lowest BCUT2D eigenvalue weighted by molar-refractivity contribution is -0.122. The van der Waals surface area contributed by atoms with Gasteiger partial charge in [0.15, 0.2) is 44.5 Å². The second-order valence-electron chi connectivity index (χ2n) is 11.3. The van der Waals surface area contributed by atoms with Gasteiger partial charge in [0.25, 0.3) is 11.8 Å². The van der Waals surface area contributed by atoms with E-state index in [1.807, 2.05) is 0 Å². The van der Waals surface area contributed by atoms with Crippen LogP contribution in [-0.2, 0) is 16.1 Å². The number of hydrogen-bond donors (Lipinski definition) is 1. The Morgan fingerprint density at radius 1 is 0.854 bits per heavy atom. The van der Waals surface area contributed by atoms with Gasteiger partial charge in [-0.05, 0) is 35.4 Å². The summed E-state index contributed by atoms with van der Waals surface area (Å²) in [6, 6.07) is 10.3. The number of aromatic hydroxyl groups is 1. The molecule has 1 N–H and O–H groups in total. The van der Waals surface area contributed by atoms with Crippen molar-refractivity contribution in [2.45, 2.75) is 34.7 Å². The smallest absolute Gasteiger partial charge is 0.352 e. The molecule has 2 fully saturated rings. The maximum absolute atomic E-state index is 15.1. The number of aromatic nitrogens is 3. The number of fused-ring (bicyclic) bond motifs is 4. The molecular weight excluding hydrogens is 690 g/mol. The summed E-state index contributed by atoms with van der Waals surface area (Å²) in [5.41, 5.74) is -3.21. The molecule has 3 heterocycles. The molecule has 2 amide bonds. The van der Waals surface area contributed by atoms with Gasteiger partial charge in [0.05, 0.1) is 25.4 Å². The van der Waals surface area contributed by atoms with Gasteiger partial charge >= 0.3 is 11.4 Å². The summed E-state index contributed by atoms with van der Waals surface area (Å²) in [5.74, 6) is -17.7. The number of methoxy groups -OCH3 is 1. The number of carbonyl (C=O) groups excluding carboxylic acids is 2. The molecule has 4 atom stereocenters. The average molecular weight is 709 g/mol. The fraction of sp³-hybridized carbons (Fsp3) is 0.226. The third-order valence-electron chi connectivity index (χ3n) is 9.04. The van der Waals surface area contributed by atoms with Crippen LogP contribution in [0.25, 0.3) is 5.69 Å². The molecule has 1 saturated heterocycles. The highest BCUT2D eigenvalue weighted by molar-refractivity contribution is 6.58. The van der Waals surface area contributed by atoms with E-state index in [2.05, 4.69) is 0 Å². The maximum atomic E-state index is 15.1. The van der Waals surface area contributed by atoms with E-state index in [1.165, 1.54) is 37.5 Å². The maximum Gasteiger partial charge on any atom is 0.352 e. The molecule has 7 rings (SSSR count). The molecule has 17 heteroatoms. The Kier molecular flexibility index (Phi) is 6.97. The normalized spacial score (nSPS) is 24.7. The van der Waals surface area contributed by atoms with Crippen molar-refractivity contribution in [3.8, 4) is 17.2 Å². The first-order valence-corrected chi connectivity index (χ1v) is 14.8. The molecule has 1 saturated carbocycles. The first kappa shape index (κ1) is 31.7. The van der Waals surface area contributed by atoms with Crippen LogP contribution in [0.2, 0.25) is 0 Å². The minimum atomic E-state index is -2.75. The number of rotatable bonds is 4. The molecule has 248 valence electrons. The molecule has 1 aliphatic carbocycles. The number of alkyl halides is 2.